The molecule has 0 fully saturated rings. The number of aliphatic hydroxyl groups excluding tert-OH is 1. The van der Waals surface area contributed by atoms with Gasteiger partial charge in [0.25, 0.3) is 0 Å². The van der Waals surface area contributed by atoms with E-state index in [0.717, 1.165) is 6.42 Å². The van der Waals surface area contributed by atoms with Crippen LogP contribution in [0.5, 0.6) is 11.5 Å². The fourth-order valence-corrected chi connectivity index (χ4v) is 1.97. The SMILES string of the molecule is COC(=O)C(O)c1c(Cl)ccc2c1OCCCO2. The number of halogens is 1. The van der Waals surface area contributed by atoms with Crippen LogP contribution in [0.25, 0.3) is 0 Å². The number of rotatable bonds is 2. The van der Waals surface area contributed by atoms with E-state index in [4.69, 9.17) is 21.1 Å². The van der Waals surface area contributed by atoms with Crippen molar-refractivity contribution in [2.24, 2.45) is 0 Å². The summed E-state index contributed by atoms with van der Waals surface area (Å²) in [6, 6.07) is 3.20. The van der Waals surface area contributed by atoms with Gasteiger partial charge in [0.05, 0.1) is 30.9 Å². The monoisotopic (exact) mass is 272 g/mol. The molecule has 1 aromatic rings. The van der Waals surface area contributed by atoms with Gasteiger partial charge in [-0.3, -0.25) is 0 Å². The second-order valence-corrected chi connectivity index (χ2v) is 4.17. The highest BCUT2D eigenvalue weighted by Crippen LogP contribution is 2.41. The third-order valence-corrected chi connectivity index (χ3v) is 2.93. The first-order valence-electron chi connectivity index (χ1n) is 5.49. The molecular weight excluding hydrogens is 260 g/mol. The second kappa shape index (κ2) is 5.46. The number of ether oxygens (including phenoxy) is 3. The van der Waals surface area contributed by atoms with Crippen molar-refractivity contribution in [3.8, 4) is 11.5 Å². The molecule has 2 rings (SSSR count). The maximum atomic E-state index is 11.4. The normalized spacial score (nSPS) is 15.7. The fraction of sp³-hybridized carbons (Fsp3) is 0.417. The summed E-state index contributed by atoms with van der Waals surface area (Å²) in [7, 11) is 1.19. The molecule has 0 spiro atoms. The Morgan fingerprint density at radius 1 is 1.44 bits per heavy atom. The van der Waals surface area contributed by atoms with Gasteiger partial charge in [-0.05, 0) is 12.1 Å². The molecule has 1 N–H and O–H groups in total. The molecule has 98 valence electrons. The number of hydrogen-bond donors (Lipinski definition) is 1. The molecule has 1 aromatic carbocycles. The molecule has 0 saturated heterocycles. The first kappa shape index (κ1) is 13.0. The molecule has 0 aromatic heterocycles. The van der Waals surface area contributed by atoms with Crippen molar-refractivity contribution in [1.82, 2.24) is 0 Å². The van der Waals surface area contributed by atoms with Crippen molar-refractivity contribution in [1.29, 1.82) is 0 Å². The van der Waals surface area contributed by atoms with Crippen LogP contribution in [0.2, 0.25) is 5.02 Å². The Morgan fingerprint density at radius 3 is 2.89 bits per heavy atom. The number of methoxy groups -OCH3 is 1. The number of benzene rings is 1. The van der Waals surface area contributed by atoms with Gasteiger partial charge in [-0.25, -0.2) is 4.79 Å². The Hall–Kier alpha value is -1.46. The molecule has 1 aliphatic heterocycles. The summed E-state index contributed by atoms with van der Waals surface area (Å²) in [5, 5.41) is 10.2. The van der Waals surface area contributed by atoms with Gasteiger partial charge in [0.15, 0.2) is 17.6 Å². The van der Waals surface area contributed by atoms with Crippen molar-refractivity contribution < 1.29 is 24.1 Å². The lowest BCUT2D eigenvalue weighted by Gasteiger charge is -2.17. The van der Waals surface area contributed by atoms with Gasteiger partial charge in [-0.1, -0.05) is 11.6 Å². The van der Waals surface area contributed by atoms with Gasteiger partial charge in [0.1, 0.15) is 0 Å². The van der Waals surface area contributed by atoms with E-state index >= 15 is 0 Å². The van der Waals surface area contributed by atoms with Gasteiger partial charge < -0.3 is 19.3 Å². The summed E-state index contributed by atoms with van der Waals surface area (Å²) in [5.74, 6) is -0.0223. The number of hydrogen-bond acceptors (Lipinski definition) is 5. The van der Waals surface area contributed by atoms with Crippen LogP contribution in [0, 0.1) is 0 Å². The summed E-state index contributed by atoms with van der Waals surface area (Å²) in [5.41, 5.74) is 0.183. The third kappa shape index (κ3) is 2.37. The number of esters is 1. The molecule has 0 amide bonds. The molecule has 0 radical (unpaired) electrons. The number of fused-ring (bicyclic) bond motifs is 1. The van der Waals surface area contributed by atoms with Gasteiger partial charge in [0, 0.05) is 6.42 Å². The maximum Gasteiger partial charge on any atom is 0.339 e. The highest BCUT2D eigenvalue weighted by atomic mass is 35.5. The number of carbonyl (C=O) groups excluding carboxylic acids is 1. The summed E-state index contributed by atoms with van der Waals surface area (Å²) >= 11 is 6.01. The molecule has 6 heteroatoms. The number of aliphatic hydroxyl groups is 1. The van der Waals surface area contributed by atoms with Crippen LogP contribution in [0.1, 0.15) is 18.1 Å². The second-order valence-electron chi connectivity index (χ2n) is 3.76. The van der Waals surface area contributed by atoms with Gasteiger partial charge >= 0.3 is 5.97 Å². The van der Waals surface area contributed by atoms with Gasteiger partial charge in [-0.15, -0.1) is 0 Å². The predicted octanol–water partition coefficient (Wildman–Crippen LogP) is 1.71. The molecular formula is C12H13ClO5. The van der Waals surface area contributed by atoms with Crippen LogP contribution in [0.15, 0.2) is 12.1 Å². The van der Waals surface area contributed by atoms with Crippen LogP contribution in [-0.2, 0) is 9.53 Å². The number of carbonyl (C=O) groups is 1. The minimum atomic E-state index is -1.49. The van der Waals surface area contributed by atoms with Crippen molar-refractivity contribution in [2.75, 3.05) is 20.3 Å². The summed E-state index contributed by atoms with van der Waals surface area (Å²) in [6.45, 7) is 0.955. The van der Waals surface area contributed by atoms with E-state index < -0.39 is 12.1 Å². The van der Waals surface area contributed by atoms with Crippen LogP contribution < -0.4 is 9.47 Å². The Balaban J connectivity index is 2.48. The quantitative estimate of drug-likeness (QED) is 0.830. The van der Waals surface area contributed by atoms with E-state index in [-0.39, 0.29) is 10.6 Å². The van der Waals surface area contributed by atoms with Crippen LogP contribution in [0.4, 0.5) is 0 Å². The smallest absolute Gasteiger partial charge is 0.339 e. The van der Waals surface area contributed by atoms with Crippen molar-refractivity contribution in [3.63, 3.8) is 0 Å². The zero-order valence-electron chi connectivity index (χ0n) is 9.81. The van der Waals surface area contributed by atoms with E-state index in [1.165, 1.54) is 7.11 Å². The summed E-state index contributed by atoms with van der Waals surface area (Å²) in [4.78, 5) is 11.4. The zero-order chi connectivity index (χ0) is 13.1. The standard InChI is InChI=1S/C12H13ClO5/c1-16-12(15)10(14)9-7(13)3-4-8-11(9)18-6-2-5-17-8/h3-4,10,14H,2,5-6H2,1H3. The molecule has 1 atom stereocenters. The highest BCUT2D eigenvalue weighted by molar-refractivity contribution is 6.32. The minimum Gasteiger partial charge on any atom is -0.490 e. The first-order chi connectivity index (χ1) is 8.65. The Bertz CT molecular complexity index is 460. The van der Waals surface area contributed by atoms with E-state index in [1.54, 1.807) is 12.1 Å². The Morgan fingerprint density at radius 2 is 2.17 bits per heavy atom. The van der Waals surface area contributed by atoms with Crippen molar-refractivity contribution in [2.45, 2.75) is 12.5 Å². The largest absolute Gasteiger partial charge is 0.490 e. The molecule has 18 heavy (non-hydrogen) atoms. The Labute approximate surface area is 109 Å². The predicted molar refractivity (Wildman–Crippen MR) is 64.0 cm³/mol. The zero-order valence-corrected chi connectivity index (χ0v) is 10.6. The average molecular weight is 273 g/mol. The lowest BCUT2D eigenvalue weighted by Crippen LogP contribution is -2.15. The lowest BCUT2D eigenvalue weighted by molar-refractivity contribution is -0.150. The summed E-state index contributed by atoms with van der Waals surface area (Å²) < 4.78 is 15.5. The minimum absolute atomic E-state index is 0.183. The molecule has 0 saturated carbocycles. The van der Waals surface area contributed by atoms with Crippen LogP contribution in [-0.4, -0.2) is 31.4 Å². The average Bonchev–Trinajstić information content (AvgIpc) is 2.62. The molecule has 1 aliphatic rings. The van der Waals surface area contributed by atoms with E-state index in [0.29, 0.717) is 24.7 Å². The molecule has 0 bridgehead atoms. The topological polar surface area (TPSA) is 65.0 Å². The maximum absolute atomic E-state index is 11.4. The van der Waals surface area contributed by atoms with E-state index in [2.05, 4.69) is 4.74 Å². The fourth-order valence-electron chi connectivity index (χ4n) is 1.72. The summed E-state index contributed by atoms with van der Waals surface area (Å²) in [6.07, 6.45) is -0.765. The van der Waals surface area contributed by atoms with Gasteiger partial charge in [0.2, 0.25) is 0 Å². The van der Waals surface area contributed by atoms with Crippen LogP contribution in [0.3, 0.4) is 0 Å². The third-order valence-electron chi connectivity index (χ3n) is 2.60. The van der Waals surface area contributed by atoms with E-state index in [9.17, 15) is 9.90 Å². The molecule has 1 heterocycles. The molecule has 1 unspecified atom stereocenters. The van der Waals surface area contributed by atoms with Gasteiger partial charge in [-0.2, -0.15) is 0 Å². The molecule has 5 nitrogen and oxygen atoms in total. The van der Waals surface area contributed by atoms with Crippen molar-refractivity contribution >= 4 is 17.6 Å². The Kier molecular flexibility index (Phi) is 3.93. The lowest BCUT2D eigenvalue weighted by atomic mass is 10.1. The van der Waals surface area contributed by atoms with Crippen molar-refractivity contribution in [3.05, 3.63) is 22.7 Å². The van der Waals surface area contributed by atoms with E-state index in [1.807, 2.05) is 0 Å². The molecule has 0 aliphatic carbocycles. The van der Waals surface area contributed by atoms with Crippen LogP contribution >= 0.6 is 11.6 Å². The highest BCUT2D eigenvalue weighted by Gasteiger charge is 2.28. The first-order valence-corrected chi connectivity index (χ1v) is 5.87.